The number of hydrogen-bond donors (Lipinski definition) is 0. The van der Waals surface area contributed by atoms with E-state index in [1.54, 1.807) is 0 Å². The van der Waals surface area contributed by atoms with Gasteiger partial charge in [0.25, 0.3) is 0 Å². The second-order valence-corrected chi connectivity index (χ2v) is 22.7. The van der Waals surface area contributed by atoms with Crippen LogP contribution in [-0.2, 0) is 10.8 Å². The lowest BCUT2D eigenvalue weighted by Gasteiger charge is -2.33. The highest BCUT2D eigenvalue weighted by atomic mass is 32.1. The molecule has 0 amide bonds. The van der Waals surface area contributed by atoms with E-state index in [0.29, 0.717) is 0 Å². The van der Waals surface area contributed by atoms with Gasteiger partial charge in [0.05, 0.1) is 5.41 Å². The monoisotopic (exact) mass is 991 g/mol. The predicted octanol–water partition coefficient (Wildman–Crippen LogP) is 20.3. The predicted molar refractivity (Wildman–Crippen MR) is 318 cm³/mol. The summed E-state index contributed by atoms with van der Waals surface area (Å²) in [4.78, 5) is 7.75. The molecule has 15 rings (SSSR count). The second-order valence-electron chi connectivity index (χ2n) is 20.7. The quantitative estimate of drug-likeness (QED) is 0.147. The van der Waals surface area contributed by atoms with Crippen LogP contribution >= 0.6 is 22.7 Å². The summed E-state index contributed by atoms with van der Waals surface area (Å²) < 4.78 is 0. The zero-order chi connectivity index (χ0) is 49.8. The van der Waals surface area contributed by atoms with Crippen LogP contribution < -0.4 is 4.90 Å². The van der Waals surface area contributed by atoms with Gasteiger partial charge < -0.3 is 4.90 Å². The Balaban J connectivity index is 1.06. The van der Waals surface area contributed by atoms with Gasteiger partial charge in [0.15, 0.2) is 0 Å². The van der Waals surface area contributed by atoms with Crippen molar-refractivity contribution >= 4 is 39.7 Å². The average Bonchev–Trinajstić information content (AvgIpc) is 4.36. The molecule has 0 aliphatic heterocycles. The fraction of sp³-hybridized carbons (Fsp3) is 0.0556. The van der Waals surface area contributed by atoms with E-state index in [9.17, 15) is 0 Å². The van der Waals surface area contributed by atoms with Crippen LogP contribution in [0.4, 0.5) is 17.1 Å². The van der Waals surface area contributed by atoms with E-state index in [1.165, 1.54) is 120 Å². The molecule has 0 saturated carbocycles. The zero-order valence-corrected chi connectivity index (χ0v) is 43.2. The van der Waals surface area contributed by atoms with Gasteiger partial charge >= 0.3 is 0 Å². The third-order valence-corrected chi connectivity index (χ3v) is 18.9. The first kappa shape index (κ1) is 43.9. The third-order valence-electron chi connectivity index (χ3n) is 16.3. The van der Waals surface area contributed by atoms with Crippen LogP contribution in [0, 0.1) is 0 Å². The van der Waals surface area contributed by atoms with Crippen LogP contribution in [0.15, 0.2) is 261 Å². The lowest BCUT2D eigenvalue weighted by atomic mass is 9.69. The Labute approximate surface area is 447 Å². The van der Waals surface area contributed by atoms with E-state index in [2.05, 4.69) is 280 Å². The molecule has 3 aliphatic rings. The molecule has 0 N–H and O–H groups in total. The summed E-state index contributed by atoms with van der Waals surface area (Å²) in [5.74, 6) is 0. The summed E-state index contributed by atoms with van der Waals surface area (Å²) in [6, 6.07) is 97.6. The summed E-state index contributed by atoms with van der Waals surface area (Å²) in [5, 5.41) is 0. The number of nitrogens with zero attached hydrogens (tertiary/aromatic N) is 1. The van der Waals surface area contributed by atoms with Crippen molar-refractivity contribution in [3.8, 4) is 86.3 Å². The van der Waals surface area contributed by atoms with E-state index in [1.807, 2.05) is 22.7 Å². The van der Waals surface area contributed by atoms with Gasteiger partial charge in [0.1, 0.15) is 0 Å². The Bertz CT molecular complexity index is 4120. The standard InChI is InChI=1S/C72H49NS2/c1-71(2)59-34-20-18-32-55(59)56-42-40-53(44-61(56)71)73(52-38-36-47(37-39-52)46-22-8-3-9-23-46)54-41-43-58-62(45-54)72(66-64(58)68(49-26-12-5-13-27-49)75-70(66)51-30-16-7-17-31-51)60-35-21-19-33-57(60)63-65(72)69(50-28-14-6-15-29-50)74-67(63)48-24-10-4-11-25-48/h3-45H,1-2H3. The van der Waals surface area contributed by atoms with Crippen LogP contribution in [0.3, 0.4) is 0 Å². The molecule has 0 radical (unpaired) electrons. The molecule has 1 atom stereocenters. The molecule has 12 aromatic rings. The van der Waals surface area contributed by atoms with Gasteiger partial charge in [-0.3, -0.25) is 0 Å². The maximum Gasteiger partial charge on any atom is 0.0755 e. The molecule has 2 heterocycles. The van der Waals surface area contributed by atoms with Crippen molar-refractivity contribution in [3.63, 3.8) is 0 Å². The topological polar surface area (TPSA) is 3.24 Å². The summed E-state index contributed by atoms with van der Waals surface area (Å²) in [6.07, 6.45) is 0. The molecule has 0 bridgehead atoms. The molecule has 354 valence electrons. The molecule has 2 aromatic heterocycles. The molecule has 3 heteroatoms. The van der Waals surface area contributed by atoms with Gasteiger partial charge in [-0.2, -0.15) is 0 Å². The van der Waals surface area contributed by atoms with Gasteiger partial charge in [0.2, 0.25) is 0 Å². The Morgan fingerprint density at radius 3 is 1.16 bits per heavy atom. The first-order valence-electron chi connectivity index (χ1n) is 26.0. The fourth-order valence-electron chi connectivity index (χ4n) is 13.0. The minimum absolute atomic E-state index is 0.171. The van der Waals surface area contributed by atoms with Gasteiger partial charge in [-0.05, 0) is 125 Å². The molecule has 75 heavy (non-hydrogen) atoms. The molecule has 0 saturated heterocycles. The molecular weight excluding hydrogens is 943 g/mol. The molecule has 10 aromatic carbocycles. The molecule has 3 aliphatic carbocycles. The van der Waals surface area contributed by atoms with Crippen molar-refractivity contribution in [2.75, 3.05) is 4.90 Å². The fourth-order valence-corrected chi connectivity index (χ4v) is 15.8. The Kier molecular flexibility index (Phi) is 9.95. The number of fused-ring (bicyclic) bond motifs is 13. The molecular formula is C72H49NS2. The summed E-state index contributed by atoms with van der Waals surface area (Å²) in [6.45, 7) is 4.77. The number of hydrogen-bond acceptors (Lipinski definition) is 3. The van der Waals surface area contributed by atoms with E-state index < -0.39 is 5.41 Å². The average molecular weight is 992 g/mol. The highest BCUT2D eigenvalue weighted by Crippen LogP contribution is 2.72. The van der Waals surface area contributed by atoms with Gasteiger partial charge in [-0.1, -0.05) is 238 Å². The lowest BCUT2D eigenvalue weighted by Crippen LogP contribution is -2.27. The van der Waals surface area contributed by atoms with E-state index in [4.69, 9.17) is 0 Å². The zero-order valence-electron chi connectivity index (χ0n) is 41.6. The van der Waals surface area contributed by atoms with Crippen LogP contribution in [0.1, 0.15) is 47.2 Å². The van der Waals surface area contributed by atoms with Crippen molar-refractivity contribution in [1.29, 1.82) is 0 Å². The number of thiophene rings is 2. The summed E-state index contributed by atoms with van der Waals surface area (Å²) in [7, 11) is 0. The maximum atomic E-state index is 2.59. The van der Waals surface area contributed by atoms with Crippen LogP contribution in [0.2, 0.25) is 0 Å². The van der Waals surface area contributed by atoms with E-state index in [0.717, 1.165) is 17.1 Å². The molecule has 1 nitrogen and oxygen atoms in total. The second kappa shape index (κ2) is 17.0. The summed E-state index contributed by atoms with van der Waals surface area (Å²) in [5.41, 5.74) is 25.9. The maximum absolute atomic E-state index is 2.59. The highest BCUT2D eigenvalue weighted by Gasteiger charge is 2.57. The lowest BCUT2D eigenvalue weighted by molar-refractivity contribution is 0.660. The largest absolute Gasteiger partial charge is 0.310 e. The SMILES string of the molecule is CC1(C)c2ccccc2-c2ccc(N(c3ccc(-c4ccccc4)cc3)c3ccc4c(c3)C3(c5ccccc5-c5c(-c6ccccc6)sc(-c6ccccc6)c53)c3c(-c5ccccc5)sc(-c5ccccc5)c3-4)cc21. The number of benzene rings is 10. The normalized spacial score (nSPS) is 15.0. The number of rotatable bonds is 8. The van der Waals surface area contributed by atoms with E-state index >= 15 is 0 Å². The number of anilines is 3. The molecule has 0 fully saturated rings. The first-order valence-corrected chi connectivity index (χ1v) is 27.6. The van der Waals surface area contributed by atoms with Crippen molar-refractivity contribution in [2.45, 2.75) is 24.7 Å². The van der Waals surface area contributed by atoms with Crippen molar-refractivity contribution < 1.29 is 0 Å². The minimum Gasteiger partial charge on any atom is -0.310 e. The first-order chi connectivity index (χ1) is 37.0. The Morgan fingerprint density at radius 2 is 0.640 bits per heavy atom. The smallest absolute Gasteiger partial charge is 0.0755 e. The van der Waals surface area contributed by atoms with E-state index in [-0.39, 0.29) is 5.41 Å². The van der Waals surface area contributed by atoms with Crippen LogP contribution in [0.25, 0.3) is 86.3 Å². The molecule has 1 unspecified atom stereocenters. The van der Waals surface area contributed by atoms with Crippen molar-refractivity contribution in [2.24, 2.45) is 0 Å². The van der Waals surface area contributed by atoms with Gasteiger partial charge in [0, 0.05) is 53.1 Å². The van der Waals surface area contributed by atoms with Crippen LogP contribution in [0.5, 0.6) is 0 Å². The molecule has 1 spiro atoms. The van der Waals surface area contributed by atoms with Crippen molar-refractivity contribution in [1.82, 2.24) is 0 Å². The third kappa shape index (κ3) is 6.48. The highest BCUT2D eigenvalue weighted by molar-refractivity contribution is 7.20. The summed E-state index contributed by atoms with van der Waals surface area (Å²) >= 11 is 3.90. The van der Waals surface area contributed by atoms with Gasteiger partial charge in [-0.15, -0.1) is 22.7 Å². The van der Waals surface area contributed by atoms with Crippen molar-refractivity contribution in [3.05, 3.63) is 294 Å². The van der Waals surface area contributed by atoms with Gasteiger partial charge in [-0.25, -0.2) is 0 Å². The van der Waals surface area contributed by atoms with Crippen LogP contribution in [-0.4, -0.2) is 0 Å². The minimum atomic E-state index is -0.694. The Morgan fingerprint density at radius 1 is 0.280 bits per heavy atom. The Hall–Kier alpha value is -8.60.